The van der Waals surface area contributed by atoms with E-state index in [-0.39, 0.29) is 18.6 Å². The molecule has 5 heteroatoms. The maximum Gasteiger partial charge on any atom is 0.255 e. The lowest BCUT2D eigenvalue weighted by Gasteiger charge is -2.19. The predicted molar refractivity (Wildman–Crippen MR) is 75.4 cm³/mol. The van der Waals surface area contributed by atoms with E-state index in [9.17, 15) is 9.59 Å². The summed E-state index contributed by atoms with van der Waals surface area (Å²) in [5.74, 6) is -0.107. The van der Waals surface area contributed by atoms with Gasteiger partial charge in [0, 0.05) is 11.6 Å². The fraction of sp³-hybridized carbons (Fsp3) is 0.333. The van der Waals surface area contributed by atoms with Gasteiger partial charge in [0.05, 0.1) is 0 Å². The highest BCUT2D eigenvalue weighted by molar-refractivity contribution is 5.94. The van der Waals surface area contributed by atoms with E-state index >= 15 is 0 Å². The molecule has 0 saturated carbocycles. The van der Waals surface area contributed by atoms with Gasteiger partial charge in [-0.25, -0.2) is 0 Å². The standard InChI is InChI=1S/C15H18N2O3/c16-14(18)10-20-13-8-6-11(7-9-13)15(19)17-12-4-2-1-3-5-12/h1-2,6-9,12H,3-5,10H2,(H2,16,18)(H,17,19). The molecular formula is C15H18N2O3. The molecule has 0 radical (unpaired) electrons. The van der Waals surface area contributed by atoms with Crippen molar-refractivity contribution in [2.45, 2.75) is 25.3 Å². The van der Waals surface area contributed by atoms with Crippen LogP contribution in [0.15, 0.2) is 36.4 Å². The average Bonchev–Trinajstić information content (AvgIpc) is 2.46. The minimum absolute atomic E-state index is 0.0910. The molecule has 2 rings (SSSR count). The van der Waals surface area contributed by atoms with Crippen LogP contribution in [0.3, 0.4) is 0 Å². The summed E-state index contributed by atoms with van der Waals surface area (Å²) in [5.41, 5.74) is 5.56. The molecule has 106 valence electrons. The van der Waals surface area contributed by atoms with Crippen molar-refractivity contribution in [1.29, 1.82) is 0 Å². The molecule has 1 aromatic rings. The largest absolute Gasteiger partial charge is 0.484 e. The van der Waals surface area contributed by atoms with Crippen LogP contribution >= 0.6 is 0 Å². The second-order valence-electron chi connectivity index (χ2n) is 4.73. The number of carbonyl (C=O) groups is 2. The summed E-state index contributed by atoms with van der Waals surface area (Å²) in [5, 5.41) is 3.00. The highest BCUT2D eigenvalue weighted by atomic mass is 16.5. The van der Waals surface area contributed by atoms with Crippen molar-refractivity contribution in [2.75, 3.05) is 6.61 Å². The van der Waals surface area contributed by atoms with E-state index in [0.29, 0.717) is 11.3 Å². The molecule has 20 heavy (non-hydrogen) atoms. The maximum atomic E-state index is 12.0. The minimum atomic E-state index is -0.530. The Balaban J connectivity index is 1.89. The second-order valence-corrected chi connectivity index (χ2v) is 4.73. The topological polar surface area (TPSA) is 81.4 Å². The summed E-state index contributed by atoms with van der Waals surface area (Å²) in [6.45, 7) is -0.167. The predicted octanol–water partition coefficient (Wildman–Crippen LogP) is 1.39. The number of nitrogens with two attached hydrogens (primary N) is 1. The van der Waals surface area contributed by atoms with Crippen molar-refractivity contribution < 1.29 is 14.3 Å². The quantitative estimate of drug-likeness (QED) is 0.796. The lowest BCUT2D eigenvalue weighted by Crippen LogP contribution is -2.35. The van der Waals surface area contributed by atoms with E-state index in [4.69, 9.17) is 10.5 Å². The number of carbonyl (C=O) groups excluding carboxylic acids is 2. The molecule has 0 aliphatic heterocycles. The van der Waals surface area contributed by atoms with E-state index in [0.717, 1.165) is 19.3 Å². The number of benzene rings is 1. The molecule has 0 aromatic heterocycles. The molecule has 1 unspecified atom stereocenters. The van der Waals surface area contributed by atoms with Crippen molar-refractivity contribution in [1.82, 2.24) is 5.32 Å². The smallest absolute Gasteiger partial charge is 0.255 e. The van der Waals surface area contributed by atoms with E-state index in [1.165, 1.54) is 0 Å². The number of hydrogen-bond donors (Lipinski definition) is 2. The van der Waals surface area contributed by atoms with Gasteiger partial charge in [-0.1, -0.05) is 12.2 Å². The van der Waals surface area contributed by atoms with Gasteiger partial charge in [-0.3, -0.25) is 9.59 Å². The first-order valence-electron chi connectivity index (χ1n) is 6.62. The van der Waals surface area contributed by atoms with Crippen LogP contribution in [0.1, 0.15) is 29.6 Å². The Labute approximate surface area is 117 Å². The number of primary amides is 1. The third kappa shape index (κ3) is 4.12. The summed E-state index contributed by atoms with van der Waals surface area (Å²) in [6.07, 6.45) is 7.08. The van der Waals surface area contributed by atoms with Gasteiger partial charge >= 0.3 is 0 Å². The molecule has 1 aliphatic carbocycles. The summed E-state index contributed by atoms with van der Waals surface area (Å²) >= 11 is 0. The minimum Gasteiger partial charge on any atom is -0.484 e. The van der Waals surface area contributed by atoms with Gasteiger partial charge in [-0.05, 0) is 43.5 Å². The number of allylic oxidation sites excluding steroid dienone is 1. The van der Waals surface area contributed by atoms with Crippen LogP contribution in [-0.4, -0.2) is 24.5 Å². The van der Waals surface area contributed by atoms with Gasteiger partial charge in [0.2, 0.25) is 0 Å². The van der Waals surface area contributed by atoms with Crippen molar-refractivity contribution in [3.8, 4) is 5.75 Å². The molecule has 0 heterocycles. The van der Waals surface area contributed by atoms with E-state index in [2.05, 4.69) is 17.5 Å². The van der Waals surface area contributed by atoms with E-state index in [1.54, 1.807) is 24.3 Å². The Morgan fingerprint density at radius 3 is 2.60 bits per heavy atom. The number of amides is 2. The van der Waals surface area contributed by atoms with Crippen LogP contribution in [-0.2, 0) is 4.79 Å². The average molecular weight is 274 g/mol. The fourth-order valence-electron chi connectivity index (χ4n) is 2.05. The van der Waals surface area contributed by atoms with Crippen molar-refractivity contribution in [3.05, 3.63) is 42.0 Å². The Kier molecular flexibility index (Phi) is 4.76. The van der Waals surface area contributed by atoms with Crippen LogP contribution in [0.4, 0.5) is 0 Å². The zero-order chi connectivity index (χ0) is 14.4. The molecule has 3 N–H and O–H groups in total. The van der Waals surface area contributed by atoms with Gasteiger partial charge in [-0.2, -0.15) is 0 Å². The molecule has 1 atom stereocenters. The van der Waals surface area contributed by atoms with Gasteiger partial charge in [0.15, 0.2) is 6.61 Å². The Morgan fingerprint density at radius 2 is 2.00 bits per heavy atom. The van der Waals surface area contributed by atoms with E-state index < -0.39 is 5.91 Å². The van der Waals surface area contributed by atoms with Crippen LogP contribution in [0, 0.1) is 0 Å². The third-order valence-electron chi connectivity index (χ3n) is 3.10. The molecule has 2 amide bonds. The van der Waals surface area contributed by atoms with Crippen molar-refractivity contribution in [3.63, 3.8) is 0 Å². The molecule has 0 spiro atoms. The first-order chi connectivity index (χ1) is 9.65. The summed E-state index contributed by atoms with van der Waals surface area (Å²) < 4.78 is 5.14. The van der Waals surface area contributed by atoms with Gasteiger partial charge in [-0.15, -0.1) is 0 Å². The number of nitrogens with one attached hydrogen (secondary N) is 1. The zero-order valence-corrected chi connectivity index (χ0v) is 11.2. The summed E-state index contributed by atoms with van der Waals surface area (Å²) in [4.78, 5) is 22.6. The number of hydrogen-bond acceptors (Lipinski definition) is 3. The molecule has 5 nitrogen and oxygen atoms in total. The Bertz CT molecular complexity index is 508. The maximum absolute atomic E-state index is 12.0. The summed E-state index contributed by atoms with van der Waals surface area (Å²) in [6, 6.07) is 6.85. The van der Waals surface area contributed by atoms with Crippen molar-refractivity contribution >= 4 is 11.8 Å². The third-order valence-corrected chi connectivity index (χ3v) is 3.10. The van der Waals surface area contributed by atoms with Gasteiger partial charge in [0.25, 0.3) is 11.8 Å². The molecule has 0 fully saturated rings. The molecule has 1 aliphatic rings. The van der Waals surface area contributed by atoms with Crippen LogP contribution in [0.2, 0.25) is 0 Å². The molecular weight excluding hydrogens is 256 g/mol. The van der Waals surface area contributed by atoms with Gasteiger partial charge < -0.3 is 15.8 Å². The lowest BCUT2D eigenvalue weighted by atomic mass is 10.0. The lowest BCUT2D eigenvalue weighted by molar-refractivity contribution is -0.119. The highest BCUT2D eigenvalue weighted by Gasteiger charge is 2.14. The Morgan fingerprint density at radius 1 is 1.25 bits per heavy atom. The fourth-order valence-corrected chi connectivity index (χ4v) is 2.05. The Hall–Kier alpha value is -2.30. The summed E-state index contributed by atoms with van der Waals surface area (Å²) in [7, 11) is 0. The first-order valence-corrected chi connectivity index (χ1v) is 6.62. The van der Waals surface area contributed by atoms with Crippen LogP contribution in [0.25, 0.3) is 0 Å². The number of ether oxygens (including phenoxy) is 1. The van der Waals surface area contributed by atoms with E-state index in [1.807, 2.05) is 0 Å². The molecule has 0 bridgehead atoms. The normalized spacial score (nSPS) is 17.5. The van der Waals surface area contributed by atoms with Crippen LogP contribution < -0.4 is 15.8 Å². The first kappa shape index (κ1) is 14.1. The van der Waals surface area contributed by atoms with Crippen LogP contribution in [0.5, 0.6) is 5.75 Å². The zero-order valence-electron chi connectivity index (χ0n) is 11.2. The number of rotatable bonds is 5. The van der Waals surface area contributed by atoms with Crippen molar-refractivity contribution in [2.24, 2.45) is 5.73 Å². The molecule has 0 saturated heterocycles. The van der Waals surface area contributed by atoms with Gasteiger partial charge in [0.1, 0.15) is 5.75 Å². The SMILES string of the molecule is NC(=O)COc1ccc(C(=O)NC2CC=CCC2)cc1. The monoisotopic (exact) mass is 274 g/mol. The second kappa shape index (κ2) is 6.75. The molecule has 1 aromatic carbocycles. The highest BCUT2D eigenvalue weighted by Crippen LogP contribution is 2.14.